The van der Waals surface area contributed by atoms with E-state index < -0.39 is 21.5 Å². The molecule has 1 heterocycles. The Morgan fingerprint density at radius 1 is 1.16 bits per heavy atom. The van der Waals surface area contributed by atoms with Gasteiger partial charge in [-0.05, 0) is 50.5 Å². The van der Waals surface area contributed by atoms with Gasteiger partial charge in [0.15, 0.2) is 0 Å². The molecule has 1 aromatic carbocycles. The van der Waals surface area contributed by atoms with Crippen molar-refractivity contribution in [2.45, 2.75) is 70.4 Å². The number of hydrogen-bond donors (Lipinski definition) is 1. The number of piperazine rings is 1. The van der Waals surface area contributed by atoms with Crippen LogP contribution in [0.25, 0.3) is 0 Å². The van der Waals surface area contributed by atoms with E-state index in [2.05, 4.69) is 5.32 Å². The minimum Gasteiger partial charge on any atom is -0.351 e. The summed E-state index contributed by atoms with van der Waals surface area (Å²) in [5.41, 5.74) is -0.837. The van der Waals surface area contributed by atoms with Gasteiger partial charge in [0.25, 0.3) is 0 Å². The Kier molecular flexibility index (Phi) is 7.65. The number of carbonyl (C=O) groups excluding carboxylic acids is 2. The van der Waals surface area contributed by atoms with Gasteiger partial charge >= 0.3 is 0 Å². The highest BCUT2D eigenvalue weighted by molar-refractivity contribution is 7.89. The SMILES string of the molecule is CCCS(=O)(=O)N1CC(=O)N(c2ccc(Cl)cc2)C(C)(C(=O)NC2CCCCCC2)C1. The lowest BCUT2D eigenvalue weighted by Gasteiger charge is -2.47. The summed E-state index contributed by atoms with van der Waals surface area (Å²) >= 11 is 6.01. The molecule has 3 rings (SSSR count). The number of sulfonamides is 1. The molecule has 1 saturated heterocycles. The molecule has 1 aliphatic carbocycles. The van der Waals surface area contributed by atoms with E-state index in [1.54, 1.807) is 38.1 Å². The molecule has 31 heavy (non-hydrogen) atoms. The zero-order chi connectivity index (χ0) is 22.6. The molecule has 0 radical (unpaired) electrons. The van der Waals surface area contributed by atoms with E-state index in [4.69, 9.17) is 11.6 Å². The van der Waals surface area contributed by atoms with Crippen molar-refractivity contribution >= 4 is 39.1 Å². The standard InChI is InChI=1S/C22H32ClN3O4S/c1-3-14-31(29,30)25-15-20(27)26(19-12-10-17(23)11-13-19)22(2,16-25)21(28)24-18-8-6-4-5-7-9-18/h10-13,18H,3-9,14-16H2,1-2H3,(H,24,28). The van der Waals surface area contributed by atoms with Crippen LogP contribution in [0.1, 0.15) is 58.8 Å². The van der Waals surface area contributed by atoms with E-state index in [1.807, 2.05) is 0 Å². The van der Waals surface area contributed by atoms with Gasteiger partial charge in [-0.25, -0.2) is 8.42 Å². The number of hydrogen-bond acceptors (Lipinski definition) is 4. The van der Waals surface area contributed by atoms with E-state index in [0.717, 1.165) is 42.8 Å². The first-order chi connectivity index (χ1) is 14.7. The van der Waals surface area contributed by atoms with Crippen molar-refractivity contribution in [3.8, 4) is 0 Å². The van der Waals surface area contributed by atoms with E-state index in [-0.39, 0.29) is 30.8 Å². The van der Waals surface area contributed by atoms with Crippen LogP contribution in [0.3, 0.4) is 0 Å². The summed E-state index contributed by atoms with van der Waals surface area (Å²) in [7, 11) is -3.64. The van der Waals surface area contributed by atoms with Gasteiger partial charge in [-0.3, -0.25) is 14.5 Å². The lowest BCUT2D eigenvalue weighted by molar-refractivity contribution is -0.133. The molecule has 1 aliphatic heterocycles. The predicted octanol–water partition coefficient (Wildman–Crippen LogP) is 3.33. The lowest BCUT2D eigenvalue weighted by atomic mass is 9.93. The van der Waals surface area contributed by atoms with Crippen molar-refractivity contribution in [3.05, 3.63) is 29.3 Å². The average molecular weight is 470 g/mol. The molecule has 172 valence electrons. The summed E-state index contributed by atoms with van der Waals surface area (Å²) < 4.78 is 26.7. The van der Waals surface area contributed by atoms with Crippen molar-refractivity contribution < 1.29 is 18.0 Å². The van der Waals surface area contributed by atoms with Crippen molar-refractivity contribution in [2.24, 2.45) is 0 Å². The van der Waals surface area contributed by atoms with Crippen LogP contribution in [-0.4, -0.2) is 55.0 Å². The fraction of sp³-hybridized carbons (Fsp3) is 0.636. The predicted molar refractivity (Wildman–Crippen MR) is 123 cm³/mol. The van der Waals surface area contributed by atoms with E-state index in [1.165, 1.54) is 4.90 Å². The summed E-state index contributed by atoms with van der Waals surface area (Å²) in [6, 6.07) is 6.74. The number of benzene rings is 1. The molecular formula is C22H32ClN3O4S. The van der Waals surface area contributed by atoms with Gasteiger partial charge in [-0.2, -0.15) is 4.31 Å². The molecule has 0 spiro atoms. The largest absolute Gasteiger partial charge is 0.351 e. The fourth-order valence-electron chi connectivity index (χ4n) is 4.51. The van der Waals surface area contributed by atoms with Crippen molar-refractivity contribution in [1.29, 1.82) is 0 Å². The second-order valence-corrected chi connectivity index (χ2v) is 11.3. The summed E-state index contributed by atoms with van der Waals surface area (Å²) in [6.07, 6.45) is 6.66. The minimum atomic E-state index is -3.64. The Balaban J connectivity index is 1.95. The van der Waals surface area contributed by atoms with Gasteiger partial charge in [0.05, 0.1) is 12.3 Å². The summed E-state index contributed by atoms with van der Waals surface area (Å²) in [5, 5.41) is 3.64. The van der Waals surface area contributed by atoms with Crippen LogP contribution in [0.5, 0.6) is 0 Å². The third kappa shape index (κ3) is 5.41. The maximum Gasteiger partial charge on any atom is 0.247 e. The Morgan fingerprint density at radius 3 is 2.35 bits per heavy atom. The Bertz CT molecular complexity index is 898. The summed E-state index contributed by atoms with van der Waals surface area (Å²) in [5.74, 6) is -0.799. The molecule has 1 unspecified atom stereocenters. The van der Waals surface area contributed by atoms with Gasteiger partial charge < -0.3 is 5.32 Å². The van der Waals surface area contributed by atoms with Gasteiger partial charge in [-0.1, -0.05) is 44.2 Å². The van der Waals surface area contributed by atoms with Crippen LogP contribution < -0.4 is 10.2 Å². The molecule has 7 nitrogen and oxygen atoms in total. The molecule has 2 fully saturated rings. The zero-order valence-electron chi connectivity index (χ0n) is 18.3. The lowest BCUT2D eigenvalue weighted by Crippen LogP contribution is -2.71. The van der Waals surface area contributed by atoms with E-state index in [9.17, 15) is 18.0 Å². The number of nitrogens with one attached hydrogen (secondary N) is 1. The number of halogens is 1. The smallest absolute Gasteiger partial charge is 0.247 e. The first-order valence-electron chi connectivity index (χ1n) is 11.0. The molecule has 0 bridgehead atoms. The van der Waals surface area contributed by atoms with Gasteiger partial charge in [0.2, 0.25) is 21.8 Å². The minimum absolute atomic E-state index is 0.0385. The van der Waals surface area contributed by atoms with Gasteiger partial charge in [0, 0.05) is 23.3 Å². The van der Waals surface area contributed by atoms with Crippen LogP contribution in [0.2, 0.25) is 5.02 Å². The molecule has 1 saturated carbocycles. The Morgan fingerprint density at radius 2 is 1.77 bits per heavy atom. The Labute approximate surface area is 190 Å². The molecule has 1 aromatic rings. The molecule has 0 aromatic heterocycles. The number of rotatable bonds is 6. The molecular weight excluding hydrogens is 438 g/mol. The van der Waals surface area contributed by atoms with E-state index >= 15 is 0 Å². The normalized spacial score (nSPS) is 24.1. The highest BCUT2D eigenvalue weighted by Crippen LogP contribution is 2.32. The number of anilines is 1. The zero-order valence-corrected chi connectivity index (χ0v) is 19.8. The molecule has 2 aliphatic rings. The Hall–Kier alpha value is -1.64. The third-order valence-electron chi connectivity index (χ3n) is 6.16. The van der Waals surface area contributed by atoms with Crippen LogP contribution in [-0.2, 0) is 19.6 Å². The van der Waals surface area contributed by atoms with Gasteiger partial charge in [-0.15, -0.1) is 0 Å². The molecule has 1 N–H and O–H groups in total. The van der Waals surface area contributed by atoms with E-state index in [0.29, 0.717) is 17.1 Å². The average Bonchev–Trinajstić information content (AvgIpc) is 2.97. The number of amides is 2. The van der Waals surface area contributed by atoms with Crippen molar-refractivity contribution in [2.75, 3.05) is 23.7 Å². The number of nitrogens with zero attached hydrogens (tertiary/aromatic N) is 2. The maximum atomic E-state index is 13.6. The van der Waals surface area contributed by atoms with Gasteiger partial charge in [0.1, 0.15) is 5.54 Å². The van der Waals surface area contributed by atoms with Crippen LogP contribution >= 0.6 is 11.6 Å². The highest BCUT2D eigenvalue weighted by Gasteiger charge is 2.51. The van der Waals surface area contributed by atoms with Crippen LogP contribution in [0.15, 0.2) is 24.3 Å². The second-order valence-electron chi connectivity index (χ2n) is 8.73. The first-order valence-corrected chi connectivity index (χ1v) is 13.0. The summed E-state index contributed by atoms with van der Waals surface area (Å²) in [4.78, 5) is 28.2. The third-order valence-corrected chi connectivity index (χ3v) is 8.38. The maximum absolute atomic E-state index is 13.6. The summed E-state index contributed by atoms with van der Waals surface area (Å²) in [6.45, 7) is 3.07. The molecule has 1 atom stereocenters. The van der Waals surface area contributed by atoms with Crippen molar-refractivity contribution in [1.82, 2.24) is 9.62 Å². The van der Waals surface area contributed by atoms with Crippen molar-refractivity contribution in [3.63, 3.8) is 0 Å². The topological polar surface area (TPSA) is 86.8 Å². The highest BCUT2D eigenvalue weighted by atomic mass is 35.5. The second kappa shape index (κ2) is 9.88. The monoisotopic (exact) mass is 469 g/mol. The molecule has 2 amide bonds. The number of carbonyl (C=O) groups is 2. The quantitative estimate of drug-likeness (QED) is 0.647. The first kappa shape index (κ1) is 24.0. The molecule has 9 heteroatoms. The fourth-order valence-corrected chi connectivity index (χ4v) is 6.16. The van der Waals surface area contributed by atoms with Crippen LogP contribution in [0, 0.1) is 0 Å². The van der Waals surface area contributed by atoms with Crippen LogP contribution in [0.4, 0.5) is 5.69 Å².